The summed E-state index contributed by atoms with van der Waals surface area (Å²) in [7, 11) is 0. The molecule has 0 saturated heterocycles. The van der Waals surface area contributed by atoms with E-state index in [1.807, 2.05) is 27.0 Å². The summed E-state index contributed by atoms with van der Waals surface area (Å²) in [6.45, 7) is 5.90. The molecule has 1 heterocycles. The Morgan fingerprint density at radius 1 is 1.26 bits per heavy atom. The summed E-state index contributed by atoms with van der Waals surface area (Å²) in [6, 6.07) is 8.43. The third-order valence-corrected chi connectivity index (χ3v) is 5.44. The van der Waals surface area contributed by atoms with Gasteiger partial charge in [-0.2, -0.15) is 0 Å². The Bertz CT molecular complexity index is 648. The average molecular weight is 369 g/mol. The largest absolute Gasteiger partial charge is 0.444 e. The molecular formula is C16H20N2O2S3. The second-order valence-electron chi connectivity index (χ2n) is 5.71. The second-order valence-corrected chi connectivity index (χ2v) is 9.07. The van der Waals surface area contributed by atoms with Gasteiger partial charge in [-0.15, -0.1) is 23.1 Å². The standard InChI is InChI=1S/C16H20N2O2S3/c1-16(2,3)20-15(19)18-9-13-17-10-14(23-13)22-12-7-5-11(21-4)6-8-12/h5-8,10H,9H2,1-4H3,(H,18,19). The van der Waals surface area contributed by atoms with Gasteiger partial charge in [0, 0.05) is 9.79 Å². The predicted molar refractivity (Wildman–Crippen MR) is 97.5 cm³/mol. The molecule has 2 rings (SSSR count). The van der Waals surface area contributed by atoms with Crippen molar-refractivity contribution in [1.82, 2.24) is 10.3 Å². The molecule has 23 heavy (non-hydrogen) atoms. The van der Waals surface area contributed by atoms with Gasteiger partial charge in [-0.05, 0) is 51.3 Å². The number of amides is 1. The lowest BCUT2D eigenvalue weighted by Crippen LogP contribution is -2.32. The number of nitrogens with one attached hydrogen (secondary N) is 1. The van der Waals surface area contributed by atoms with E-state index in [0.717, 1.165) is 9.22 Å². The lowest BCUT2D eigenvalue weighted by atomic mass is 10.2. The normalized spacial score (nSPS) is 11.3. The number of hydrogen-bond acceptors (Lipinski definition) is 6. The summed E-state index contributed by atoms with van der Waals surface area (Å²) in [6.07, 6.45) is 3.48. The van der Waals surface area contributed by atoms with Gasteiger partial charge in [0.1, 0.15) is 10.6 Å². The molecule has 0 aliphatic rings. The van der Waals surface area contributed by atoms with E-state index in [1.54, 1.807) is 34.9 Å². The lowest BCUT2D eigenvalue weighted by Gasteiger charge is -2.19. The molecule has 0 unspecified atom stereocenters. The number of hydrogen-bond donors (Lipinski definition) is 1. The van der Waals surface area contributed by atoms with Crippen LogP contribution in [0.5, 0.6) is 0 Å². The van der Waals surface area contributed by atoms with Crippen molar-refractivity contribution in [2.24, 2.45) is 0 Å². The molecule has 7 heteroatoms. The summed E-state index contributed by atoms with van der Waals surface area (Å²) >= 11 is 4.98. The van der Waals surface area contributed by atoms with Crippen LogP contribution in [0.25, 0.3) is 0 Å². The zero-order valence-corrected chi connectivity index (χ0v) is 16.0. The molecule has 4 nitrogen and oxygen atoms in total. The topological polar surface area (TPSA) is 51.2 Å². The highest BCUT2D eigenvalue weighted by molar-refractivity contribution is 8.01. The van der Waals surface area contributed by atoms with Gasteiger partial charge in [-0.1, -0.05) is 11.8 Å². The predicted octanol–water partition coefficient (Wildman–Crippen LogP) is 5.04. The van der Waals surface area contributed by atoms with Crippen LogP contribution < -0.4 is 5.32 Å². The molecule has 0 radical (unpaired) electrons. The summed E-state index contributed by atoms with van der Waals surface area (Å²) in [5, 5.41) is 3.58. The van der Waals surface area contributed by atoms with Crippen molar-refractivity contribution in [3.05, 3.63) is 35.5 Å². The second kappa shape index (κ2) is 8.08. The molecule has 0 spiro atoms. The molecule has 2 aromatic rings. The van der Waals surface area contributed by atoms with Crippen molar-refractivity contribution in [3.63, 3.8) is 0 Å². The highest BCUT2D eigenvalue weighted by Gasteiger charge is 2.16. The first-order valence-electron chi connectivity index (χ1n) is 7.09. The zero-order chi connectivity index (χ0) is 16.9. The van der Waals surface area contributed by atoms with Gasteiger partial charge >= 0.3 is 6.09 Å². The van der Waals surface area contributed by atoms with Crippen LogP contribution >= 0.6 is 34.9 Å². The Kier molecular flexibility index (Phi) is 6.38. The van der Waals surface area contributed by atoms with Crippen molar-refractivity contribution >= 4 is 41.0 Å². The van der Waals surface area contributed by atoms with Crippen molar-refractivity contribution in [3.8, 4) is 0 Å². The first-order chi connectivity index (χ1) is 10.9. The molecule has 1 aromatic heterocycles. The smallest absolute Gasteiger partial charge is 0.408 e. The van der Waals surface area contributed by atoms with Crippen LogP contribution in [-0.4, -0.2) is 22.9 Å². The summed E-state index contributed by atoms with van der Waals surface area (Å²) in [5.41, 5.74) is -0.489. The number of ether oxygens (including phenoxy) is 1. The fourth-order valence-electron chi connectivity index (χ4n) is 1.64. The minimum atomic E-state index is -0.489. The fourth-order valence-corrected chi connectivity index (χ4v) is 3.99. The van der Waals surface area contributed by atoms with Crippen LogP contribution in [0.15, 0.2) is 44.5 Å². The molecule has 1 aromatic carbocycles. The molecule has 1 amide bonds. The fraction of sp³-hybridized carbons (Fsp3) is 0.375. The number of carbonyl (C=O) groups is 1. The average Bonchev–Trinajstić information content (AvgIpc) is 2.92. The number of aromatic nitrogens is 1. The van der Waals surface area contributed by atoms with E-state index in [-0.39, 0.29) is 0 Å². The monoisotopic (exact) mass is 368 g/mol. The van der Waals surface area contributed by atoms with Gasteiger partial charge in [0.25, 0.3) is 0 Å². The maximum Gasteiger partial charge on any atom is 0.408 e. The Labute approximate surface area is 149 Å². The molecule has 124 valence electrons. The molecule has 0 aliphatic carbocycles. The Morgan fingerprint density at radius 2 is 1.91 bits per heavy atom. The molecular weight excluding hydrogens is 348 g/mol. The highest BCUT2D eigenvalue weighted by Crippen LogP contribution is 2.32. The van der Waals surface area contributed by atoms with E-state index < -0.39 is 11.7 Å². The highest BCUT2D eigenvalue weighted by atomic mass is 32.2. The SMILES string of the molecule is CSc1ccc(Sc2cnc(CNC(=O)OC(C)(C)C)s2)cc1. The van der Waals surface area contributed by atoms with E-state index in [2.05, 4.69) is 40.8 Å². The molecule has 0 bridgehead atoms. The van der Waals surface area contributed by atoms with Crippen LogP contribution in [-0.2, 0) is 11.3 Å². The molecule has 1 N–H and O–H groups in total. The van der Waals surface area contributed by atoms with E-state index in [0.29, 0.717) is 6.54 Å². The summed E-state index contributed by atoms with van der Waals surface area (Å²) < 4.78 is 6.30. The van der Waals surface area contributed by atoms with E-state index >= 15 is 0 Å². The number of rotatable bonds is 5. The van der Waals surface area contributed by atoms with Crippen molar-refractivity contribution in [1.29, 1.82) is 0 Å². The van der Waals surface area contributed by atoms with Crippen LogP contribution in [0.3, 0.4) is 0 Å². The third-order valence-electron chi connectivity index (χ3n) is 2.59. The minimum Gasteiger partial charge on any atom is -0.444 e. The summed E-state index contributed by atoms with van der Waals surface area (Å²) in [5.74, 6) is 0. The van der Waals surface area contributed by atoms with Crippen LogP contribution in [0.2, 0.25) is 0 Å². The molecule has 0 fully saturated rings. The first-order valence-corrected chi connectivity index (χ1v) is 9.95. The van der Waals surface area contributed by atoms with Crippen molar-refractivity contribution < 1.29 is 9.53 Å². The lowest BCUT2D eigenvalue weighted by molar-refractivity contribution is 0.0523. The quantitative estimate of drug-likeness (QED) is 0.749. The maximum absolute atomic E-state index is 11.6. The molecule has 0 aliphatic heterocycles. The number of benzene rings is 1. The Morgan fingerprint density at radius 3 is 2.52 bits per heavy atom. The summed E-state index contributed by atoms with van der Waals surface area (Å²) in [4.78, 5) is 18.4. The van der Waals surface area contributed by atoms with Gasteiger partial charge in [0.15, 0.2) is 0 Å². The number of thiazole rings is 1. The number of alkyl carbamates (subject to hydrolysis) is 1. The van der Waals surface area contributed by atoms with Crippen LogP contribution in [0, 0.1) is 0 Å². The van der Waals surface area contributed by atoms with Gasteiger partial charge in [0.05, 0.1) is 17.0 Å². The van der Waals surface area contributed by atoms with Crippen molar-refractivity contribution in [2.45, 2.75) is 46.9 Å². The zero-order valence-electron chi connectivity index (χ0n) is 13.6. The van der Waals surface area contributed by atoms with Gasteiger partial charge in [-0.3, -0.25) is 0 Å². The first kappa shape index (κ1) is 18.2. The van der Waals surface area contributed by atoms with Crippen LogP contribution in [0.1, 0.15) is 25.8 Å². The van der Waals surface area contributed by atoms with Gasteiger partial charge < -0.3 is 10.1 Å². The minimum absolute atomic E-state index is 0.381. The van der Waals surface area contributed by atoms with E-state index in [9.17, 15) is 4.79 Å². The van der Waals surface area contributed by atoms with Gasteiger partial charge in [0.2, 0.25) is 0 Å². The maximum atomic E-state index is 11.6. The molecule has 0 saturated carbocycles. The van der Waals surface area contributed by atoms with E-state index in [1.165, 1.54) is 9.79 Å². The Balaban J connectivity index is 1.86. The third kappa shape index (κ3) is 6.45. The van der Waals surface area contributed by atoms with Gasteiger partial charge in [-0.25, -0.2) is 9.78 Å². The van der Waals surface area contributed by atoms with E-state index in [4.69, 9.17) is 4.74 Å². The number of nitrogens with zero attached hydrogens (tertiary/aromatic N) is 1. The number of thioether (sulfide) groups is 1. The van der Waals surface area contributed by atoms with Crippen molar-refractivity contribution in [2.75, 3.05) is 6.26 Å². The molecule has 0 atom stereocenters. The Hall–Kier alpha value is -1.18. The van der Waals surface area contributed by atoms with Crippen LogP contribution in [0.4, 0.5) is 4.79 Å². The number of carbonyl (C=O) groups excluding carboxylic acids is 1.